The van der Waals surface area contributed by atoms with E-state index < -0.39 is 39.2 Å². The highest BCUT2D eigenvalue weighted by molar-refractivity contribution is 7.92. The third-order valence-corrected chi connectivity index (χ3v) is 8.02. The summed E-state index contributed by atoms with van der Waals surface area (Å²) in [4.78, 5) is 14.8. The third-order valence-electron chi connectivity index (χ3n) is 5.91. The molecular weight excluding hydrogens is 501 g/mol. The van der Waals surface area contributed by atoms with Crippen LogP contribution in [-0.4, -0.2) is 26.9 Å². The summed E-state index contributed by atoms with van der Waals surface area (Å²) >= 11 is 5.76. The van der Waals surface area contributed by atoms with Crippen LogP contribution < -0.4 is 9.21 Å². The largest absolute Gasteiger partial charge is 0.417 e. The van der Waals surface area contributed by atoms with Crippen molar-refractivity contribution >= 4 is 38.9 Å². The first-order valence-electron chi connectivity index (χ1n) is 10.8. The van der Waals surface area contributed by atoms with Crippen LogP contribution >= 0.6 is 11.6 Å². The average molecular weight is 523 g/mol. The van der Waals surface area contributed by atoms with Crippen molar-refractivity contribution in [2.45, 2.75) is 37.4 Å². The smallest absolute Gasteiger partial charge is 0.307 e. The van der Waals surface area contributed by atoms with E-state index >= 15 is 0 Å². The first kappa shape index (κ1) is 25.1. The van der Waals surface area contributed by atoms with Gasteiger partial charge >= 0.3 is 6.18 Å². The molecule has 1 atom stereocenters. The van der Waals surface area contributed by atoms with E-state index in [-0.39, 0.29) is 16.6 Å². The number of sulfonamides is 1. The van der Waals surface area contributed by atoms with Crippen molar-refractivity contribution in [3.63, 3.8) is 0 Å². The number of benzene rings is 3. The molecule has 0 bridgehead atoms. The molecule has 1 amide bonds. The van der Waals surface area contributed by atoms with Crippen LogP contribution in [0.5, 0.6) is 0 Å². The molecule has 10 heteroatoms. The van der Waals surface area contributed by atoms with E-state index in [0.717, 1.165) is 23.3 Å². The fourth-order valence-corrected chi connectivity index (χ4v) is 5.81. The van der Waals surface area contributed by atoms with Crippen LogP contribution in [0, 0.1) is 6.92 Å². The number of nitrogens with zero attached hydrogens (tertiary/aromatic N) is 2. The Kier molecular flexibility index (Phi) is 6.59. The maximum absolute atomic E-state index is 13.6. The molecule has 0 saturated heterocycles. The normalized spacial score (nSPS) is 15.7. The van der Waals surface area contributed by atoms with Crippen molar-refractivity contribution in [3.8, 4) is 0 Å². The summed E-state index contributed by atoms with van der Waals surface area (Å²) < 4.78 is 68.6. The predicted molar refractivity (Wildman–Crippen MR) is 129 cm³/mol. The van der Waals surface area contributed by atoms with Crippen LogP contribution in [0.25, 0.3) is 0 Å². The summed E-state index contributed by atoms with van der Waals surface area (Å²) in [6.45, 7) is 2.92. The summed E-state index contributed by atoms with van der Waals surface area (Å²) in [5.74, 6) is -0.554. The Hall–Kier alpha value is -3.04. The standard InChI is InChI=1S/C25H22ClF3N2O3S/c1-16-7-10-20(11-8-16)35(33,34)30(19-9-12-22(26)21(14-19)25(27,28)29)15-24(32)31-17(2)13-18-5-3-4-6-23(18)31/h3-12,14,17H,13,15H2,1-2H3/t17-/m0/s1. The van der Waals surface area contributed by atoms with E-state index in [0.29, 0.717) is 22.5 Å². The topological polar surface area (TPSA) is 57.7 Å². The number of fused-ring (bicyclic) bond motifs is 1. The molecule has 1 heterocycles. The van der Waals surface area contributed by atoms with Crippen LogP contribution in [0.3, 0.4) is 0 Å². The Bertz CT molecular complexity index is 1380. The number of hydrogen-bond acceptors (Lipinski definition) is 3. The summed E-state index contributed by atoms with van der Waals surface area (Å²) in [6.07, 6.45) is -4.22. The lowest BCUT2D eigenvalue weighted by Gasteiger charge is -2.29. The van der Waals surface area contributed by atoms with Gasteiger partial charge in [-0.3, -0.25) is 9.10 Å². The molecule has 0 unspecified atom stereocenters. The van der Waals surface area contributed by atoms with Crippen LogP contribution in [-0.2, 0) is 27.4 Å². The highest BCUT2D eigenvalue weighted by Gasteiger charge is 2.37. The number of rotatable bonds is 5. The van der Waals surface area contributed by atoms with E-state index in [4.69, 9.17) is 11.6 Å². The Morgan fingerprint density at radius 3 is 2.40 bits per heavy atom. The van der Waals surface area contributed by atoms with Crippen molar-refractivity contribution < 1.29 is 26.4 Å². The molecule has 0 radical (unpaired) electrons. The van der Waals surface area contributed by atoms with Crippen LogP contribution in [0.15, 0.2) is 71.6 Å². The number of hydrogen-bond donors (Lipinski definition) is 0. The third kappa shape index (κ3) is 4.88. The van der Waals surface area contributed by atoms with Gasteiger partial charge in [0.05, 0.1) is 21.2 Å². The van der Waals surface area contributed by atoms with Crippen LogP contribution in [0.1, 0.15) is 23.6 Å². The number of carbonyl (C=O) groups excluding carboxylic acids is 1. The second kappa shape index (κ2) is 9.20. The lowest BCUT2D eigenvalue weighted by molar-refractivity contribution is -0.137. The maximum atomic E-state index is 13.6. The molecule has 3 aromatic rings. The molecule has 0 N–H and O–H groups in total. The molecular formula is C25H22ClF3N2O3S. The summed E-state index contributed by atoms with van der Waals surface area (Å²) in [7, 11) is -4.39. The second-order valence-electron chi connectivity index (χ2n) is 8.43. The molecule has 35 heavy (non-hydrogen) atoms. The Labute approximate surface area is 206 Å². The zero-order valence-corrected chi connectivity index (χ0v) is 20.5. The molecule has 0 fully saturated rings. The van der Waals surface area contributed by atoms with Gasteiger partial charge in [-0.05, 0) is 62.2 Å². The van der Waals surface area contributed by atoms with Gasteiger partial charge in [0.25, 0.3) is 10.0 Å². The van der Waals surface area contributed by atoms with Crippen LogP contribution in [0.2, 0.25) is 5.02 Å². The summed E-state index contributed by atoms with van der Waals surface area (Å²) in [5.41, 5.74) is 0.903. The number of anilines is 2. The highest BCUT2D eigenvalue weighted by atomic mass is 35.5. The molecule has 1 aliphatic rings. The fraction of sp³-hybridized carbons (Fsp3) is 0.240. The van der Waals surface area contributed by atoms with E-state index in [9.17, 15) is 26.4 Å². The van der Waals surface area contributed by atoms with Gasteiger partial charge in [0.15, 0.2) is 0 Å². The number of para-hydroxylation sites is 1. The molecule has 0 aromatic heterocycles. The van der Waals surface area contributed by atoms with Gasteiger partial charge in [-0.1, -0.05) is 47.5 Å². The fourth-order valence-electron chi connectivity index (χ4n) is 4.18. The summed E-state index contributed by atoms with van der Waals surface area (Å²) in [5, 5.41) is -0.567. The van der Waals surface area contributed by atoms with E-state index in [1.807, 2.05) is 19.1 Å². The van der Waals surface area contributed by atoms with Gasteiger partial charge in [0.1, 0.15) is 6.54 Å². The van der Waals surface area contributed by atoms with Crippen molar-refractivity contribution in [1.82, 2.24) is 0 Å². The minimum atomic E-state index is -4.81. The summed E-state index contributed by atoms with van der Waals surface area (Å²) in [6, 6.07) is 15.7. The van der Waals surface area contributed by atoms with Gasteiger partial charge in [0.2, 0.25) is 5.91 Å². The first-order valence-corrected chi connectivity index (χ1v) is 12.6. The highest BCUT2D eigenvalue weighted by Crippen LogP contribution is 2.38. The number of amides is 1. The quantitative estimate of drug-likeness (QED) is 0.423. The molecule has 0 spiro atoms. The molecule has 0 aliphatic carbocycles. The van der Waals surface area contributed by atoms with Crippen molar-refractivity contribution in [1.29, 1.82) is 0 Å². The molecule has 184 valence electrons. The first-order chi connectivity index (χ1) is 16.4. The maximum Gasteiger partial charge on any atom is 0.417 e. The minimum Gasteiger partial charge on any atom is -0.307 e. The number of aryl methyl sites for hydroxylation is 1. The predicted octanol–water partition coefficient (Wildman–Crippen LogP) is 5.84. The molecule has 4 rings (SSSR count). The lowest BCUT2D eigenvalue weighted by atomic mass is 10.1. The molecule has 3 aromatic carbocycles. The van der Waals surface area contributed by atoms with Gasteiger partial charge in [-0.2, -0.15) is 13.2 Å². The Balaban J connectivity index is 1.80. The molecule has 1 aliphatic heterocycles. The van der Waals surface area contributed by atoms with Gasteiger partial charge in [-0.15, -0.1) is 0 Å². The minimum absolute atomic E-state index is 0.144. The number of halogens is 4. The second-order valence-corrected chi connectivity index (χ2v) is 10.7. The number of alkyl halides is 3. The van der Waals surface area contributed by atoms with Crippen molar-refractivity contribution in [2.24, 2.45) is 0 Å². The van der Waals surface area contributed by atoms with Crippen molar-refractivity contribution in [3.05, 3.63) is 88.4 Å². The SMILES string of the molecule is Cc1ccc(S(=O)(=O)N(CC(=O)N2c3ccccc3C[C@@H]2C)c2ccc(Cl)c(C(F)(F)F)c2)cc1. The number of carbonyl (C=O) groups is 1. The van der Waals surface area contributed by atoms with E-state index in [1.54, 1.807) is 31.2 Å². The zero-order chi connectivity index (χ0) is 25.5. The van der Waals surface area contributed by atoms with Crippen molar-refractivity contribution in [2.75, 3.05) is 15.7 Å². The van der Waals surface area contributed by atoms with Gasteiger partial charge in [0, 0.05) is 11.7 Å². The van der Waals surface area contributed by atoms with E-state index in [1.165, 1.54) is 17.0 Å². The van der Waals surface area contributed by atoms with Gasteiger partial charge < -0.3 is 4.90 Å². The lowest BCUT2D eigenvalue weighted by Crippen LogP contribution is -2.45. The molecule has 5 nitrogen and oxygen atoms in total. The van der Waals surface area contributed by atoms with E-state index in [2.05, 4.69) is 0 Å². The monoisotopic (exact) mass is 522 g/mol. The Morgan fingerprint density at radius 1 is 1.09 bits per heavy atom. The zero-order valence-electron chi connectivity index (χ0n) is 18.9. The molecule has 0 saturated carbocycles. The van der Waals surface area contributed by atoms with Gasteiger partial charge in [-0.25, -0.2) is 8.42 Å². The Morgan fingerprint density at radius 2 is 1.74 bits per heavy atom. The average Bonchev–Trinajstić information content (AvgIpc) is 3.13. The van der Waals surface area contributed by atoms with Crippen LogP contribution in [0.4, 0.5) is 24.5 Å².